The van der Waals surface area contributed by atoms with Gasteiger partial charge in [0.05, 0.1) is 10.8 Å². The summed E-state index contributed by atoms with van der Waals surface area (Å²) in [5.74, 6) is 1.21. The summed E-state index contributed by atoms with van der Waals surface area (Å²) in [6.45, 7) is 8.99. The summed E-state index contributed by atoms with van der Waals surface area (Å²) in [6.07, 6.45) is 3.40. The van der Waals surface area contributed by atoms with Gasteiger partial charge in [-0.3, -0.25) is 4.79 Å². The molecule has 4 aliphatic rings. The van der Waals surface area contributed by atoms with Crippen LogP contribution in [0.25, 0.3) is 11.0 Å². The molecule has 4 heterocycles. The lowest BCUT2D eigenvalue weighted by Crippen LogP contribution is -2.51. The van der Waals surface area contributed by atoms with Gasteiger partial charge in [-0.1, -0.05) is 0 Å². The Balaban J connectivity index is 1.06. The molecule has 0 radical (unpaired) electrons. The number of alkyl halides is 1. The van der Waals surface area contributed by atoms with E-state index in [9.17, 15) is 13.2 Å². The van der Waals surface area contributed by atoms with E-state index in [0.717, 1.165) is 19.6 Å². The van der Waals surface area contributed by atoms with Crippen molar-refractivity contribution in [3.8, 4) is 0 Å². The molecule has 1 aliphatic carbocycles. The molecule has 3 fully saturated rings. The number of carbonyl (C=O) groups excluding carboxylic acids is 1. The molecule has 2 aromatic rings. The fourth-order valence-corrected chi connectivity index (χ4v) is 8.97. The van der Waals surface area contributed by atoms with Gasteiger partial charge in [-0.15, -0.1) is 0 Å². The van der Waals surface area contributed by atoms with E-state index in [0.29, 0.717) is 80.2 Å². The number of sulfonamides is 1. The zero-order valence-electron chi connectivity index (χ0n) is 25.0. The number of aryl methyl sites for hydroxylation is 1. The number of carbonyl (C=O) groups is 1. The molecule has 13 heteroatoms. The number of rotatable bonds is 7. The van der Waals surface area contributed by atoms with Crippen molar-refractivity contribution in [2.45, 2.75) is 88.8 Å². The van der Waals surface area contributed by atoms with Crippen molar-refractivity contribution in [1.82, 2.24) is 24.1 Å². The number of nitrogens with zero attached hydrogens (tertiary/aromatic N) is 6. The molecule has 1 aromatic heterocycles. The number of imidazole rings is 1. The quantitative estimate of drug-likeness (QED) is 0.507. The van der Waals surface area contributed by atoms with Gasteiger partial charge in [0, 0.05) is 50.8 Å². The van der Waals surface area contributed by atoms with Gasteiger partial charge in [0.2, 0.25) is 16.0 Å². The lowest BCUT2D eigenvalue weighted by atomic mass is 9.83. The first-order valence-electron chi connectivity index (χ1n) is 15.4. The number of hydrogen-bond acceptors (Lipinski definition) is 8. The van der Waals surface area contributed by atoms with E-state index >= 15 is 8.78 Å². The Bertz CT molecular complexity index is 1530. The fourth-order valence-electron chi connectivity index (χ4n) is 7.02. The molecule has 0 spiro atoms. The molecule has 1 N–H and O–H groups in total. The average Bonchev–Trinajstić information content (AvgIpc) is 3.30. The lowest BCUT2D eigenvalue weighted by Gasteiger charge is -2.39. The number of piperidine rings is 2. The normalized spacial score (nSPS) is 25.4. The highest BCUT2D eigenvalue weighted by molar-refractivity contribution is 7.89. The Labute approximate surface area is 251 Å². The fraction of sp³-hybridized carbons (Fsp3) is 0.667. The van der Waals surface area contributed by atoms with Crippen LogP contribution in [0.4, 0.5) is 8.78 Å². The third-order valence-electron chi connectivity index (χ3n) is 9.36. The third kappa shape index (κ3) is 6.12. The molecule has 1 aromatic carbocycles. The minimum Gasteiger partial charge on any atom is -0.352 e. The van der Waals surface area contributed by atoms with E-state index < -0.39 is 28.1 Å². The molecule has 0 amide bonds. The number of nitrogens with one attached hydrogen (secondary N) is 1. The molecule has 2 atom stereocenters. The van der Waals surface area contributed by atoms with E-state index in [1.807, 2.05) is 25.3 Å². The van der Waals surface area contributed by atoms with Gasteiger partial charge in [0.1, 0.15) is 23.2 Å². The number of halogens is 2. The Morgan fingerprint density at radius 2 is 1.77 bits per heavy atom. The second-order valence-electron chi connectivity index (χ2n) is 12.8. The van der Waals surface area contributed by atoms with Crippen LogP contribution in [-0.4, -0.2) is 95.3 Å². The minimum atomic E-state index is -3.40. The van der Waals surface area contributed by atoms with Crippen molar-refractivity contribution >= 4 is 39.0 Å². The standard InChI is InChI=1S/C30H41F2N7O3S/c1-18(2)39-19(3)34-29-25(31)14-21(15-27(29)39)28-26(32)16-33-30(36-28)35-22-4-10-38(11-5-22)43(41,42)24-6-8-37(9-7-24)17-20-12-23(40)13-20/h14-16,18,20,22,24,26,28H,4-13,17H2,1-3H3,(H,35,36). The van der Waals surface area contributed by atoms with Crippen LogP contribution in [0, 0.1) is 18.7 Å². The summed E-state index contributed by atoms with van der Waals surface area (Å²) >= 11 is 0. The van der Waals surface area contributed by atoms with Crippen LogP contribution in [0.5, 0.6) is 0 Å². The molecule has 234 valence electrons. The molecule has 1 saturated carbocycles. The highest BCUT2D eigenvalue weighted by Gasteiger charge is 2.38. The van der Waals surface area contributed by atoms with Crippen molar-refractivity contribution in [3.05, 3.63) is 29.3 Å². The van der Waals surface area contributed by atoms with Gasteiger partial charge in [-0.05, 0) is 83.2 Å². The SMILES string of the molecule is Cc1nc2c(F)cc(C3N=C(NC4CCN(S(=O)(=O)C5CCN(CC6CC(=O)C6)CC5)CC4)N=CC3F)cc2n1C(C)C. The van der Waals surface area contributed by atoms with Gasteiger partial charge in [0.15, 0.2) is 12.0 Å². The molecule has 3 aliphatic heterocycles. The molecule has 2 saturated heterocycles. The summed E-state index contributed by atoms with van der Waals surface area (Å²) in [4.78, 5) is 26.6. The van der Waals surface area contributed by atoms with Gasteiger partial charge < -0.3 is 14.8 Å². The maximum atomic E-state index is 15.1. The smallest absolute Gasteiger partial charge is 0.218 e. The Morgan fingerprint density at radius 1 is 1.07 bits per heavy atom. The summed E-state index contributed by atoms with van der Waals surface area (Å²) in [7, 11) is -3.40. The lowest BCUT2D eigenvalue weighted by molar-refractivity contribution is -0.127. The second-order valence-corrected chi connectivity index (χ2v) is 15.0. The first-order valence-corrected chi connectivity index (χ1v) is 16.9. The van der Waals surface area contributed by atoms with Crippen LogP contribution in [0.3, 0.4) is 0 Å². The van der Waals surface area contributed by atoms with Crippen LogP contribution >= 0.6 is 0 Å². The van der Waals surface area contributed by atoms with Gasteiger partial charge in [-0.25, -0.2) is 36.5 Å². The summed E-state index contributed by atoms with van der Waals surface area (Å²) in [5.41, 5.74) is 1.28. The zero-order valence-corrected chi connectivity index (χ0v) is 25.9. The van der Waals surface area contributed by atoms with Gasteiger partial charge in [0.25, 0.3) is 0 Å². The molecule has 6 rings (SSSR count). The topological polar surface area (TPSA) is 112 Å². The van der Waals surface area contributed by atoms with E-state index in [1.165, 1.54) is 12.3 Å². The number of benzene rings is 1. The Kier molecular flexibility index (Phi) is 8.42. The Hall–Kier alpha value is -2.77. The number of fused-ring (bicyclic) bond motifs is 1. The monoisotopic (exact) mass is 617 g/mol. The van der Waals surface area contributed by atoms with Gasteiger partial charge in [-0.2, -0.15) is 0 Å². The number of likely N-dealkylation sites (tertiary alicyclic amines) is 1. The maximum absolute atomic E-state index is 15.1. The third-order valence-corrected chi connectivity index (χ3v) is 11.8. The molecular formula is C30H41F2N7O3S. The van der Waals surface area contributed by atoms with Crippen molar-refractivity contribution < 1.29 is 22.0 Å². The van der Waals surface area contributed by atoms with E-state index in [-0.39, 0.29) is 28.8 Å². The predicted molar refractivity (Wildman–Crippen MR) is 162 cm³/mol. The van der Waals surface area contributed by atoms with Crippen LogP contribution in [-0.2, 0) is 14.8 Å². The highest BCUT2D eigenvalue weighted by Crippen LogP contribution is 2.32. The van der Waals surface area contributed by atoms with Crippen LogP contribution in [0.2, 0.25) is 0 Å². The van der Waals surface area contributed by atoms with Crippen molar-refractivity contribution in [1.29, 1.82) is 0 Å². The molecule has 2 unspecified atom stereocenters. The number of aliphatic imine (C=N–C) groups is 2. The first kappa shape index (κ1) is 30.3. The summed E-state index contributed by atoms with van der Waals surface area (Å²) in [6, 6.07) is 2.11. The van der Waals surface area contributed by atoms with Crippen molar-refractivity contribution in [3.63, 3.8) is 0 Å². The van der Waals surface area contributed by atoms with Crippen molar-refractivity contribution in [2.24, 2.45) is 15.9 Å². The molecule has 0 bridgehead atoms. The molecular weight excluding hydrogens is 576 g/mol. The Morgan fingerprint density at radius 3 is 2.42 bits per heavy atom. The second kappa shape index (κ2) is 12.0. The van der Waals surface area contributed by atoms with Crippen LogP contribution in [0.15, 0.2) is 22.1 Å². The number of ketones is 1. The highest BCUT2D eigenvalue weighted by atomic mass is 32.2. The van der Waals surface area contributed by atoms with E-state index in [2.05, 4.69) is 25.2 Å². The number of hydrogen-bond donors (Lipinski definition) is 1. The molecule has 10 nitrogen and oxygen atoms in total. The summed E-state index contributed by atoms with van der Waals surface area (Å²) in [5, 5.41) is 2.90. The van der Waals surface area contributed by atoms with Crippen LogP contribution in [0.1, 0.15) is 75.8 Å². The first-order chi connectivity index (χ1) is 20.5. The number of Topliss-reactive ketones (excluding diaryl/α,β-unsaturated/α-hetero) is 1. The largest absolute Gasteiger partial charge is 0.352 e. The van der Waals surface area contributed by atoms with E-state index in [1.54, 1.807) is 10.4 Å². The average molecular weight is 618 g/mol. The number of aromatic nitrogens is 2. The van der Waals surface area contributed by atoms with Crippen LogP contribution < -0.4 is 5.32 Å². The van der Waals surface area contributed by atoms with E-state index in [4.69, 9.17) is 0 Å². The minimum absolute atomic E-state index is 0.0574. The predicted octanol–water partition coefficient (Wildman–Crippen LogP) is 3.71. The zero-order chi connectivity index (χ0) is 30.5. The maximum Gasteiger partial charge on any atom is 0.218 e. The number of guanidine groups is 1. The molecule has 43 heavy (non-hydrogen) atoms. The van der Waals surface area contributed by atoms with Crippen molar-refractivity contribution in [2.75, 3.05) is 32.7 Å². The summed E-state index contributed by atoms with van der Waals surface area (Å²) < 4.78 is 60.5. The van der Waals surface area contributed by atoms with Gasteiger partial charge >= 0.3 is 0 Å².